The summed E-state index contributed by atoms with van der Waals surface area (Å²) in [5.41, 5.74) is 8.10. The fraction of sp³-hybridized carbons (Fsp3) is 0.133. The Bertz CT molecular complexity index is 654. The second kappa shape index (κ2) is 5.46. The predicted octanol–water partition coefficient (Wildman–Crippen LogP) is 3.98. The number of anilines is 1. The zero-order valence-corrected chi connectivity index (χ0v) is 13.0. The van der Waals surface area contributed by atoms with E-state index in [-0.39, 0.29) is 6.04 Å². The van der Waals surface area contributed by atoms with Crippen molar-refractivity contribution in [1.82, 2.24) is 0 Å². The maximum Gasteiger partial charge on any atom is 0.196 e. The van der Waals surface area contributed by atoms with Crippen LogP contribution in [0.2, 0.25) is 5.02 Å². The normalized spacial score (nSPS) is 18.2. The Morgan fingerprint density at radius 2 is 1.85 bits per heavy atom. The molecular formula is C15H13BrClN3. The predicted molar refractivity (Wildman–Crippen MR) is 87.3 cm³/mol. The number of nitrogens with zero attached hydrogens (tertiary/aromatic N) is 2. The molecule has 102 valence electrons. The first-order valence-corrected chi connectivity index (χ1v) is 7.43. The minimum absolute atomic E-state index is 0.0861. The van der Waals surface area contributed by atoms with Gasteiger partial charge in [-0.3, -0.25) is 4.99 Å². The van der Waals surface area contributed by atoms with Crippen LogP contribution in [0.25, 0.3) is 0 Å². The van der Waals surface area contributed by atoms with Crippen molar-refractivity contribution in [1.29, 1.82) is 0 Å². The summed E-state index contributed by atoms with van der Waals surface area (Å²) in [6.45, 7) is 0.638. The van der Waals surface area contributed by atoms with Crippen LogP contribution in [0.1, 0.15) is 11.6 Å². The maximum absolute atomic E-state index is 6.29. The average molecular weight is 351 g/mol. The number of nitrogens with two attached hydrogens (primary N) is 1. The number of para-hydroxylation sites is 1. The van der Waals surface area contributed by atoms with Gasteiger partial charge in [-0.2, -0.15) is 0 Å². The van der Waals surface area contributed by atoms with E-state index in [1.165, 1.54) is 0 Å². The zero-order chi connectivity index (χ0) is 14.1. The molecule has 0 spiro atoms. The number of aliphatic imine (C=N–C) groups is 1. The Hall–Kier alpha value is -1.52. The Morgan fingerprint density at radius 3 is 2.55 bits per heavy atom. The molecule has 0 bridgehead atoms. The lowest BCUT2D eigenvalue weighted by atomic mass is 10.1. The van der Waals surface area contributed by atoms with Crippen molar-refractivity contribution in [2.45, 2.75) is 6.04 Å². The van der Waals surface area contributed by atoms with Crippen molar-refractivity contribution >= 4 is 39.2 Å². The fourth-order valence-corrected chi connectivity index (χ4v) is 2.87. The first kappa shape index (κ1) is 13.5. The summed E-state index contributed by atoms with van der Waals surface area (Å²) in [6.07, 6.45) is 0. The number of halogens is 2. The molecule has 2 aromatic rings. The van der Waals surface area contributed by atoms with Crippen LogP contribution in [0.4, 0.5) is 5.69 Å². The van der Waals surface area contributed by atoms with Crippen LogP contribution in [0, 0.1) is 0 Å². The Morgan fingerprint density at radius 1 is 1.15 bits per heavy atom. The van der Waals surface area contributed by atoms with Crippen LogP contribution in [-0.2, 0) is 0 Å². The fourth-order valence-electron chi connectivity index (χ4n) is 2.38. The molecule has 0 aromatic heterocycles. The smallest absolute Gasteiger partial charge is 0.196 e. The van der Waals surface area contributed by atoms with Crippen molar-refractivity contribution in [2.24, 2.45) is 10.7 Å². The molecule has 1 aliphatic rings. The Labute approximate surface area is 131 Å². The van der Waals surface area contributed by atoms with Gasteiger partial charge in [-0.15, -0.1) is 0 Å². The molecule has 2 N–H and O–H groups in total. The van der Waals surface area contributed by atoms with Gasteiger partial charge >= 0.3 is 0 Å². The molecular weight excluding hydrogens is 338 g/mol. The third-order valence-electron chi connectivity index (χ3n) is 3.35. The van der Waals surface area contributed by atoms with Gasteiger partial charge in [0.1, 0.15) is 0 Å². The monoisotopic (exact) mass is 349 g/mol. The summed E-state index contributed by atoms with van der Waals surface area (Å²) in [6, 6.07) is 16.0. The third kappa shape index (κ3) is 2.41. The van der Waals surface area contributed by atoms with Crippen LogP contribution in [0.5, 0.6) is 0 Å². The van der Waals surface area contributed by atoms with Gasteiger partial charge in [-0.05, 0) is 29.8 Å². The van der Waals surface area contributed by atoms with E-state index in [2.05, 4.69) is 33.1 Å². The summed E-state index contributed by atoms with van der Waals surface area (Å²) in [5, 5.41) is 0.676. The molecule has 1 aliphatic heterocycles. The van der Waals surface area contributed by atoms with Crippen molar-refractivity contribution in [3.8, 4) is 0 Å². The number of benzene rings is 2. The van der Waals surface area contributed by atoms with E-state index in [0.717, 1.165) is 15.7 Å². The van der Waals surface area contributed by atoms with Crippen LogP contribution in [-0.4, -0.2) is 12.5 Å². The Kier molecular flexibility index (Phi) is 3.68. The lowest BCUT2D eigenvalue weighted by Crippen LogP contribution is -2.36. The summed E-state index contributed by atoms with van der Waals surface area (Å²) in [4.78, 5) is 6.36. The molecule has 1 heterocycles. The van der Waals surface area contributed by atoms with Crippen molar-refractivity contribution < 1.29 is 0 Å². The summed E-state index contributed by atoms with van der Waals surface area (Å²) in [7, 11) is 0. The van der Waals surface area contributed by atoms with Crippen LogP contribution < -0.4 is 10.6 Å². The first-order chi connectivity index (χ1) is 9.66. The molecule has 3 nitrogen and oxygen atoms in total. The van der Waals surface area contributed by atoms with Gasteiger partial charge < -0.3 is 10.6 Å². The SMILES string of the molecule is NC1=NCC(c2ccc(Br)cc2)N1c1ccccc1Cl. The quantitative estimate of drug-likeness (QED) is 0.890. The topological polar surface area (TPSA) is 41.6 Å². The van der Waals surface area contributed by atoms with Gasteiger partial charge in [-0.25, -0.2) is 0 Å². The molecule has 2 aromatic carbocycles. The molecule has 0 amide bonds. The van der Waals surface area contributed by atoms with Gasteiger partial charge in [-0.1, -0.05) is 51.8 Å². The molecule has 0 aliphatic carbocycles. The van der Waals surface area contributed by atoms with Crippen molar-refractivity contribution in [3.05, 3.63) is 63.6 Å². The van der Waals surface area contributed by atoms with E-state index in [4.69, 9.17) is 17.3 Å². The molecule has 0 radical (unpaired) electrons. The molecule has 20 heavy (non-hydrogen) atoms. The maximum atomic E-state index is 6.29. The van der Waals surface area contributed by atoms with Gasteiger partial charge in [0.2, 0.25) is 0 Å². The molecule has 1 atom stereocenters. The summed E-state index contributed by atoms with van der Waals surface area (Å²) >= 11 is 9.74. The van der Waals surface area contributed by atoms with E-state index in [1.54, 1.807) is 0 Å². The zero-order valence-electron chi connectivity index (χ0n) is 10.6. The lowest BCUT2D eigenvalue weighted by Gasteiger charge is -2.27. The molecule has 5 heteroatoms. The van der Waals surface area contributed by atoms with E-state index >= 15 is 0 Å². The van der Waals surface area contributed by atoms with Gasteiger partial charge in [0.05, 0.1) is 23.3 Å². The van der Waals surface area contributed by atoms with Crippen molar-refractivity contribution in [2.75, 3.05) is 11.4 Å². The number of hydrogen-bond donors (Lipinski definition) is 1. The number of guanidine groups is 1. The highest BCUT2D eigenvalue weighted by atomic mass is 79.9. The van der Waals surface area contributed by atoms with Crippen LogP contribution >= 0.6 is 27.5 Å². The highest BCUT2D eigenvalue weighted by Gasteiger charge is 2.29. The largest absolute Gasteiger partial charge is 0.369 e. The van der Waals surface area contributed by atoms with Crippen LogP contribution in [0.15, 0.2) is 58.0 Å². The minimum atomic E-state index is 0.0861. The highest BCUT2D eigenvalue weighted by molar-refractivity contribution is 9.10. The van der Waals surface area contributed by atoms with Gasteiger partial charge in [0.25, 0.3) is 0 Å². The number of rotatable bonds is 2. The standard InChI is InChI=1S/C15H13BrClN3/c16-11-7-5-10(6-8-11)14-9-19-15(18)20(14)13-4-2-1-3-12(13)17/h1-8,14H,9H2,(H2,18,19). The summed E-state index contributed by atoms with van der Waals surface area (Å²) < 4.78 is 1.05. The molecule has 0 fully saturated rings. The Balaban J connectivity index is 2.01. The molecule has 1 unspecified atom stereocenters. The second-order valence-corrected chi connectivity index (χ2v) is 5.91. The van der Waals surface area contributed by atoms with Gasteiger partial charge in [0, 0.05) is 4.47 Å². The summed E-state index contributed by atoms with van der Waals surface area (Å²) in [5.74, 6) is 0.506. The second-order valence-electron chi connectivity index (χ2n) is 4.59. The van der Waals surface area contributed by atoms with E-state index < -0.39 is 0 Å². The first-order valence-electron chi connectivity index (χ1n) is 6.26. The highest BCUT2D eigenvalue weighted by Crippen LogP contribution is 2.35. The average Bonchev–Trinajstić information content (AvgIpc) is 2.82. The van der Waals surface area contributed by atoms with E-state index in [1.807, 2.05) is 41.3 Å². The third-order valence-corrected chi connectivity index (χ3v) is 4.20. The van der Waals surface area contributed by atoms with E-state index in [9.17, 15) is 0 Å². The molecule has 0 saturated carbocycles. The van der Waals surface area contributed by atoms with Crippen LogP contribution in [0.3, 0.4) is 0 Å². The van der Waals surface area contributed by atoms with E-state index in [0.29, 0.717) is 17.5 Å². The molecule has 0 saturated heterocycles. The lowest BCUT2D eigenvalue weighted by molar-refractivity contribution is 0.768. The molecule has 3 rings (SSSR count). The van der Waals surface area contributed by atoms with Crippen molar-refractivity contribution in [3.63, 3.8) is 0 Å². The number of hydrogen-bond acceptors (Lipinski definition) is 3. The van der Waals surface area contributed by atoms with Gasteiger partial charge in [0.15, 0.2) is 5.96 Å². The minimum Gasteiger partial charge on any atom is -0.369 e.